The van der Waals surface area contributed by atoms with Crippen molar-refractivity contribution in [1.29, 1.82) is 0 Å². The van der Waals surface area contributed by atoms with Gasteiger partial charge in [-0.15, -0.1) is 0 Å². The van der Waals surface area contributed by atoms with E-state index in [0.29, 0.717) is 12.1 Å². The SMILES string of the molecule is CC1(CNCC(O)c2cccc(F)c2)CCOCC1. The molecule has 2 rings (SSSR count). The summed E-state index contributed by atoms with van der Waals surface area (Å²) in [5.41, 5.74) is 0.851. The van der Waals surface area contributed by atoms with Gasteiger partial charge in [-0.25, -0.2) is 4.39 Å². The lowest BCUT2D eigenvalue weighted by molar-refractivity contribution is 0.0227. The molecule has 1 aliphatic rings. The molecule has 0 aromatic heterocycles. The van der Waals surface area contributed by atoms with E-state index in [9.17, 15) is 9.50 Å². The first-order valence-electron chi connectivity index (χ1n) is 6.81. The number of halogens is 1. The van der Waals surface area contributed by atoms with E-state index in [-0.39, 0.29) is 11.2 Å². The van der Waals surface area contributed by atoms with Gasteiger partial charge in [0.1, 0.15) is 5.82 Å². The molecule has 0 spiro atoms. The summed E-state index contributed by atoms with van der Waals surface area (Å²) in [6.45, 7) is 5.15. The van der Waals surface area contributed by atoms with Crippen molar-refractivity contribution in [2.45, 2.75) is 25.9 Å². The maximum absolute atomic E-state index is 13.1. The Morgan fingerprint density at radius 1 is 1.42 bits per heavy atom. The van der Waals surface area contributed by atoms with Gasteiger partial charge in [-0.05, 0) is 36.0 Å². The van der Waals surface area contributed by atoms with Crippen LogP contribution in [-0.2, 0) is 4.74 Å². The van der Waals surface area contributed by atoms with Crippen molar-refractivity contribution >= 4 is 0 Å². The van der Waals surface area contributed by atoms with E-state index in [2.05, 4.69) is 12.2 Å². The highest BCUT2D eigenvalue weighted by atomic mass is 19.1. The van der Waals surface area contributed by atoms with Gasteiger partial charge < -0.3 is 15.2 Å². The summed E-state index contributed by atoms with van der Waals surface area (Å²) in [5, 5.41) is 13.3. The minimum Gasteiger partial charge on any atom is -0.387 e. The molecule has 1 fully saturated rings. The molecule has 0 aliphatic carbocycles. The Morgan fingerprint density at radius 2 is 2.16 bits per heavy atom. The molecule has 1 aromatic carbocycles. The predicted molar refractivity (Wildman–Crippen MR) is 72.4 cm³/mol. The van der Waals surface area contributed by atoms with Crippen LogP contribution in [0.1, 0.15) is 31.4 Å². The molecule has 19 heavy (non-hydrogen) atoms. The lowest BCUT2D eigenvalue weighted by atomic mass is 9.82. The third-order valence-electron chi connectivity index (χ3n) is 3.82. The number of benzene rings is 1. The molecule has 4 heteroatoms. The summed E-state index contributed by atoms with van der Waals surface area (Å²) in [6, 6.07) is 6.12. The summed E-state index contributed by atoms with van der Waals surface area (Å²) in [6.07, 6.45) is 1.41. The first-order valence-corrected chi connectivity index (χ1v) is 6.81. The fraction of sp³-hybridized carbons (Fsp3) is 0.600. The summed E-state index contributed by atoms with van der Waals surface area (Å²) in [5.74, 6) is -0.312. The van der Waals surface area contributed by atoms with Crippen LogP contribution in [0.3, 0.4) is 0 Å². The number of aliphatic hydroxyl groups is 1. The van der Waals surface area contributed by atoms with Crippen molar-refractivity contribution in [3.05, 3.63) is 35.6 Å². The molecule has 1 heterocycles. The number of nitrogens with one attached hydrogen (secondary N) is 1. The van der Waals surface area contributed by atoms with Gasteiger partial charge in [0.25, 0.3) is 0 Å². The highest BCUT2D eigenvalue weighted by Crippen LogP contribution is 2.28. The normalized spacial score (nSPS) is 20.2. The second kappa shape index (κ2) is 6.46. The minimum absolute atomic E-state index is 0.236. The number of hydrogen-bond donors (Lipinski definition) is 2. The second-order valence-corrected chi connectivity index (χ2v) is 5.62. The van der Waals surface area contributed by atoms with Gasteiger partial charge in [-0.2, -0.15) is 0 Å². The molecule has 1 aromatic rings. The first kappa shape index (κ1) is 14.4. The molecular weight excluding hydrogens is 245 g/mol. The lowest BCUT2D eigenvalue weighted by Gasteiger charge is -2.34. The van der Waals surface area contributed by atoms with E-state index < -0.39 is 6.10 Å². The van der Waals surface area contributed by atoms with Gasteiger partial charge >= 0.3 is 0 Å². The Bertz CT molecular complexity index is 405. The van der Waals surface area contributed by atoms with E-state index >= 15 is 0 Å². The molecule has 1 atom stereocenters. The van der Waals surface area contributed by atoms with Crippen molar-refractivity contribution in [2.24, 2.45) is 5.41 Å². The van der Waals surface area contributed by atoms with E-state index in [1.807, 2.05) is 0 Å². The average molecular weight is 267 g/mol. The highest BCUT2D eigenvalue weighted by molar-refractivity contribution is 5.18. The van der Waals surface area contributed by atoms with Crippen molar-refractivity contribution in [2.75, 3.05) is 26.3 Å². The monoisotopic (exact) mass is 267 g/mol. The van der Waals surface area contributed by atoms with Crippen LogP contribution in [0.2, 0.25) is 0 Å². The number of ether oxygens (including phenoxy) is 1. The Balaban J connectivity index is 1.79. The second-order valence-electron chi connectivity index (χ2n) is 5.62. The van der Waals surface area contributed by atoms with Gasteiger partial charge in [0, 0.05) is 26.3 Å². The molecule has 1 aliphatic heterocycles. The third-order valence-corrected chi connectivity index (χ3v) is 3.82. The predicted octanol–water partition coefficient (Wildman–Crippen LogP) is 2.27. The van der Waals surface area contributed by atoms with Crippen molar-refractivity contribution in [3.8, 4) is 0 Å². The molecule has 1 saturated heterocycles. The fourth-order valence-electron chi connectivity index (χ4n) is 2.38. The van der Waals surface area contributed by atoms with Gasteiger partial charge in [-0.1, -0.05) is 19.1 Å². The van der Waals surface area contributed by atoms with Gasteiger partial charge in [0.2, 0.25) is 0 Å². The quantitative estimate of drug-likeness (QED) is 0.860. The zero-order chi connectivity index (χ0) is 13.7. The number of hydrogen-bond acceptors (Lipinski definition) is 3. The van der Waals surface area contributed by atoms with Crippen molar-refractivity contribution in [1.82, 2.24) is 5.32 Å². The molecule has 2 N–H and O–H groups in total. The van der Waals surface area contributed by atoms with Crippen LogP contribution in [0.15, 0.2) is 24.3 Å². The standard InChI is InChI=1S/C15H22FNO2/c1-15(5-7-19-8-6-15)11-17-10-14(18)12-3-2-4-13(16)9-12/h2-4,9,14,17-18H,5-8,10-11H2,1H3. The Kier molecular flexibility index (Phi) is 4.91. The molecule has 0 saturated carbocycles. The lowest BCUT2D eigenvalue weighted by Crippen LogP contribution is -2.38. The maximum Gasteiger partial charge on any atom is 0.123 e. The van der Waals surface area contributed by atoms with Crippen molar-refractivity contribution in [3.63, 3.8) is 0 Å². The molecule has 106 valence electrons. The molecular formula is C15H22FNO2. The van der Waals surface area contributed by atoms with Crippen LogP contribution >= 0.6 is 0 Å². The zero-order valence-electron chi connectivity index (χ0n) is 11.4. The van der Waals surface area contributed by atoms with Crippen LogP contribution in [0.25, 0.3) is 0 Å². The molecule has 0 bridgehead atoms. The first-order chi connectivity index (χ1) is 9.09. The molecule has 0 amide bonds. The molecule has 3 nitrogen and oxygen atoms in total. The summed E-state index contributed by atoms with van der Waals surface area (Å²) < 4.78 is 18.4. The van der Waals surface area contributed by atoms with Gasteiger partial charge in [0.15, 0.2) is 0 Å². The van der Waals surface area contributed by atoms with Gasteiger partial charge in [-0.3, -0.25) is 0 Å². The average Bonchev–Trinajstić information content (AvgIpc) is 2.39. The van der Waals surface area contributed by atoms with Crippen LogP contribution in [0.4, 0.5) is 4.39 Å². The topological polar surface area (TPSA) is 41.5 Å². The molecule has 0 radical (unpaired) electrons. The maximum atomic E-state index is 13.1. The van der Waals surface area contributed by atoms with Crippen LogP contribution in [0.5, 0.6) is 0 Å². The Morgan fingerprint density at radius 3 is 2.84 bits per heavy atom. The number of rotatable bonds is 5. The van der Waals surface area contributed by atoms with E-state index in [4.69, 9.17) is 4.74 Å². The Labute approximate surface area is 113 Å². The Hall–Kier alpha value is -0.970. The highest BCUT2D eigenvalue weighted by Gasteiger charge is 2.26. The van der Waals surface area contributed by atoms with E-state index in [1.165, 1.54) is 12.1 Å². The van der Waals surface area contributed by atoms with Gasteiger partial charge in [0.05, 0.1) is 6.10 Å². The zero-order valence-corrected chi connectivity index (χ0v) is 11.4. The van der Waals surface area contributed by atoms with E-state index in [1.54, 1.807) is 12.1 Å². The summed E-state index contributed by atoms with van der Waals surface area (Å²) >= 11 is 0. The van der Waals surface area contributed by atoms with E-state index in [0.717, 1.165) is 32.6 Å². The van der Waals surface area contributed by atoms with Crippen LogP contribution in [-0.4, -0.2) is 31.4 Å². The molecule has 1 unspecified atom stereocenters. The largest absolute Gasteiger partial charge is 0.387 e. The summed E-state index contributed by atoms with van der Waals surface area (Å²) in [4.78, 5) is 0. The number of aliphatic hydroxyl groups excluding tert-OH is 1. The minimum atomic E-state index is -0.667. The third kappa shape index (κ3) is 4.27. The summed E-state index contributed by atoms with van der Waals surface area (Å²) in [7, 11) is 0. The fourth-order valence-corrected chi connectivity index (χ4v) is 2.38. The van der Waals surface area contributed by atoms with Crippen molar-refractivity contribution < 1.29 is 14.2 Å². The van der Waals surface area contributed by atoms with Crippen LogP contribution < -0.4 is 5.32 Å². The smallest absolute Gasteiger partial charge is 0.123 e. The van der Waals surface area contributed by atoms with Crippen LogP contribution in [0, 0.1) is 11.2 Å².